The molecule has 1 rings (SSSR count). The van der Waals surface area contributed by atoms with E-state index in [2.05, 4.69) is 5.32 Å². The van der Waals surface area contributed by atoms with E-state index in [9.17, 15) is 0 Å². The second-order valence-electron chi connectivity index (χ2n) is 4.67. The summed E-state index contributed by atoms with van der Waals surface area (Å²) in [6.07, 6.45) is 0.0531. The lowest BCUT2D eigenvalue weighted by Crippen LogP contribution is -2.18. The van der Waals surface area contributed by atoms with E-state index in [1.54, 1.807) is 7.11 Å². The van der Waals surface area contributed by atoms with Gasteiger partial charge in [-0.2, -0.15) is 0 Å². The predicted molar refractivity (Wildman–Crippen MR) is 82.0 cm³/mol. The molecule has 0 fully saturated rings. The van der Waals surface area contributed by atoms with Crippen LogP contribution in [0.2, 0.25) is 5.02 Å². The summed E-state index contributed by atoms with van der Waals surface area (Å²) in [5.41, 5.74) is 1.06. The molecule has 0 bridgehead atoms. The number of ether oxygens (including phenoxy) is 3. The standard InChI is InChI=1S/C15H24ClNO3/c1-5-19-14-9-12(10-17-6-7-18-4)8-13(16)15(14)20-11(2)3/h8-9,11,17H,5-7,10H2,1-4H3. The number of hydrogen-bond acceptors (Lipinski definition) is 4. The maximum Gasteiger partial charge on any atom is 0.180 e. The fraction of sp³-hybridized carbons (Fsp3) is 0.600. The predicted octanol–water partition coefficient (Wildman–Crippen LogP) is 3.26. The number of methoxy groups -OCH3 is 1. The minimum absolute atomic E-state index is 0.0531. The Hall–Kier alpha value is -0.970. The maximum absolute atomic E-state index is 6.30. The van der Waals surface area contributed by atoms with Crippen molar-refractivity contribution in [3.05, 3.63) is 22.7 Å². The molecule has 0 aliphatic rings. The van der Waals surface area contributed by atoms with Crippen molar-refractivity contribution < 1.29 is 14.2 Å². The first kappa shape index (κ1) is 17.1. The van der Waals surface area contributed by atoms with Crippen LogP contribution >= 0.6 is 11.6 Å². The number of benzene rings is 1. The molecule has 5 heteroatoms. The molecule has 0 spiro atoms. The van der Waals surface area contributed by atoms with Gasteiger partial charge in [0.15, 0.2) is 11.5 Å². The van der Waals surface area contributed by atoms with E-state index >= 15 is 0 Å². The van der Waals surface area contributed by atoms with Crippen LogP contribution in [-0.2, 0) is 11.3 Å². The van der Waals surface area contributed by atoms with E-state index in [4.69, 9.17) is 25.8 Å². The van der Waals surface area contributed by atoms with Crippen molar-refractivity contribution in [2.24, 2.45) is 0 Å². The molecule has 20 heavy (non-hydrogen) atoms. The third-order valence-corrected chi connectivity index (χ3v) is 2.82. The number of rotatable bonds is 9. The van der Waals surface area contributed by atoms with Crippen molar-refractivity contribution >= 4 is 11.6 Å². The van der Waals surface area contributed by atoms with Crippen LogP contribution in [0.25, 0.3) is 0 Å². The molecule has 0 unspecified atom stereocenters. The zero-order chi connectivity index (χ0) is 15.0. The minimum atomic E-state index is 0.0531. The highest BCUT2D eigenvalue weighted by Crippen LogP contribution is 2.37. The molecule has 0 saturated carbocycles. The molecule has 4 nitrogen and oxygen atoms in total. The second kappa shape index (κ2) is 9.06. The molecule has 0 atom stereocenters. The SMILES string of the molecule is CCOc1cc(CNCCOC)cc(Cl)c1OC(C)C. The molecule has 1 aromatic carbocycles. The molecule has 114 valence electrons. The average molecular weight is 302 g/mol. The zero-order valence-electron chi connectivity index (χ0n) is 12.7. The lowest BCUT2D eigenvalue weighted by Gasteiger charge is -2.17. The first-order valence-electron chi connectivity index (χ1n) is 6.90. The summed E-state index contributed by atoms with van der Waals surface area (Å²) < 4.78 is 16.3. The summed E-state index contributed by atoms with van der Waals surface area (Å²) in [6, 6.07) is 3.87. The third kappa shape index (κ3) is 5.57. The molecular weight excluding hydrogens is 278 g/mol. The van der Waals surface area contributed by atoms with Crippen LogP contribution in [0.5, 0.6) is 11.5 Å². The first-order valence-corrected chi connectivity index (χ1v) is 7.27. The molecule has 0 heterocycles. The van der Waals surface area contributed by atoms with Crippen LogP contribution in [0, 0.1) is 0 Å². The molecule has 0 aliphatic carbocycles. The first-order chi connectivity index (χ1) is 9.58. The zero-order valence-corrected chi connectivity index (χ0v) is 13.4. The maximum atomic E-state index is 6.30. The summed E-state index contributed by atoms with van der Waals surface area (Å²) >= 11 is 6.30. The summed E-state index contributed by atoms with van der Waals surface area (Å²) in [5.74, 6) is 1.31. The Morgan fingerprint density at radius 3 is 2.65 bits per heavy atom. The summed E-state index contributed by atoms with van der Waals surface area (Å²) in [7, 11) is 1.68. The van der Waals surface area contributed by atoms with E-state index in [0.717, 1.165) is 12.1 Å². The highest BCUT2D eigenvalue weighted by atomic mass is 35.5. The summed E-state index contributed by atoms with van der Waals surface area (Å²) in [4.78, 5) is 0. The van der Waals surface area contributed by atoms with Gasteiger partial charge in [0.2, 0.25) is 0 Å². The van der Waals surface area contributed by atoms with Crippen LogP contribution in [0.4, 0.5) is 0 Å². The van der Waals surface area contributed by atoms with Gasteiger partial charge in [-0.25, -0.2) is 0 Å². The Morgan fingerprint density at radius 1 is 1.30 bits per heavy atom. The van der Waals surface area contributed by atoms with Crippen molar-refractivity contribution in [1.29, 1.82) is 0 Å². The Kier molecular flexibility index (Phi) is 7.73. The van der Waals surface area contributed by atoms with Gasteiger partial charge in [0.25, 0.3) is 0 Å². The molecule has 1 aromatic rings. The topological polar surface area (TPSA) is 39.7 Å². The number of halogens is 1. The van der Waals surface area contributed by atoms with E-state index in [1.807, 2.05) is 32.9 Å². The fourth-order valence-electron chi connectivity index (χ4n) is 1.74. The molecule has 0 aliphatic heterocycles. The molecule has 0 amide bonds. The van der Waals surface area contributed by atoms with Crippen LogP contribution in [-0.4, -0.2) is 33.0 Å². The van der Waals surface area contributed by atoms with Gasteiger partial charge < -0.3 is 19.5 Å². The average Bonchev–Trinajstić information content (AvgIpc) is 2.39. The minimum Gasteiger partial charge on any atom is -0.490 e. The fourth-order valence-corrected chi connectivity index (χ4v) is 2.02. The van der Waals surface area contributed by atoms with Gasteiger partial charge in [0.05, 0.1) is 24.3 Å². The van der Waals surface area contributed by atoms with E-state index < -0.39 is 0 Å². The molecule has 0 aromatic heterocycles. The third-order valence-electron chi connectivity index (χ3n) is 2.53. The van der Waals surface area contributed by atoms with Crippen molar-refractivity contribution in [2.45, 2.75) is 33.4 Å². The van der Waals surface area contributed by atoms with Crippen molar-refractivity contribution in [3.8, 4) is 11.5 Å². The van der Waals surface area contributed by atoms with Crippen LogP contribution in [0.3, 0.4) is 0 Å². The quantitative estimate of drug-likeness (QED) is 0.711. The van der Waals surface area contributed by atoms with Gasteiger partial charge in [-0.1, -0.05) is 11.6 Å². The van der Waals surface area contributed by atoms with E-state index in [0.29, 0.717) is 36.3 Å². The summed E-state index contributed by atoms with van der Waals surface area (Å²) in [6.45, 7) is 8.63. The number of hydrogen-bond donors (Lipinski definition) is 1. The van der Waals surface area contributed by atoms with Crippen LogP contribution in [0.1, 0.15) is 26.3 Å². The monoisotopic (exact) mass is 301 g/mol. The summed E-state index contributed by atoms with van der Waals surface area (Å²) in [5, 5.41) is 3.86. The highest BCUT2D eigenvalue weighted by Gasteiger charge is 2.13. The lowest BCUT2D eigenvalue weighted by molar-refractivity contribution is 0.199. The van der Waals surface area contributed by atoms with Gasteiger partial charge in [-0.15, -0.1) is 0 Å². The van der Waals surface area contributed by atoms with Gasteiger partial charge >= 0.3 is 0 Å². The van der Waals surface area contributed by atoms with Crippen LogP contribution < -0.4 is 14.8 Å². The van der Waals surface area contributed by atoms with Crippen molar-refractivity contribution in [2.75, 3.05) is 26.9 Å². The molecular formula is C15H24ClNO3. The van der Waals surface area contributed by atoms with Crippen molar-refractivity contribution in [3.63, 3.8) is 0 Å². The van der Waals surface area contributed by atoms with E-state index in [1.165, 1.54) is 0 Å². The molecule has 1 N–H and O–H groups in total. The Morgan fingerprint density at radius 2 is 2.05 bits per heavy atom. The Bertz CT molecular complexity index is 410. The Labute approximate surface area is 126 Å². The second-order valence-corrected chi connectivity index (χ2v) is 5.08. The lowest BCUT2D eigenvalue weighted by atomic mass is 10.2. The Balaban J connectivity index is 2.83. The smallest absolute Gasteiger partial charge is 0.180 e. The van der Waals surface area contributed by atoms with Gasteiger partial charge in [-0.05, 0) is 38.5 Å². The number of nitrogens with one attached hydrogen (secondary N) is 1. The normalized spacial score (nSPS) is 10.9. The molecule has 0 saturated heterocycles. The van der Waals surface area contributed by atoms with Gasteiger partial charge in [0.1, 0.15) is 0 Å². The largest absolute Gasteiger partial charge is 0.490 e. The highest BCUT2D eigenvalue weighted by molar-refractivity contribution is 6.32. The van der Waals surface area contributed by atoms with Gasteiger partial charge in [0, 0.05) is 20.2 Å². The molecule has 0 radical (unpaired) electrons. The van der Waals surface area contributed by atoms with Crippen molar-refractivity contribution in [1.82, 2.24) is 5.32 Å². The van der Waals surface area contributed by atoms with Crippen LogP contribution in [0.15, 0.2) is 12.1 Å². The van der Waals surface area contributed by atoms with Gasteiger partial charge in [-0.3, -0.25) is 0 Å². The van der Waals surface area contributed by atoms with E-state index in [-0.39, 0.29) is 6.10 Å².